The fourth-order valence-electron chi connectivity index (χ4n) is 2.16. The Labute approximate surface area is 125 Å². The maximum atomic E-state index is 12.4. The Balaban J connectivity index is 2.15. The Hall–Kier alpha value is 0.0900. The van der Waals surface area contributed by atoms with Gasteiger partial charge in [0.1, 0.15) is 0 Å². The zero-order valence-electron chi connectivity index (χ0n) is 9.85. The van der Waals surface area contributed by atoms with Gasteiger partial charge in [-0.3, -0.25) is 0 Å². The number of alkyl halides is 1. The van der Waals surface area contributed by atoms with Gasteiger partial charge in [-0.15, -0.1) is 0 Å². The first-order chi connectivity index (χ1) is 8.54. The number of hydrogen-bond donors (Lipinski definition) is 0. The summed E-state index contributed by atoms with van der Waals surface area (Å²) in [6.07, 6.45) is 1.99. The molecule has 1 atom stereocenters. The standard InChI is InChI=1S/C12H15Br2NO2S/c13-7-5-10-6-8-15(9-10)18(16,17)12-3-1-11(14)2-4-12/h1-4,10H,5-9H2. The number of nitrogens with zero attached hydrogens (tertiary/aromatic N) is 1. The van der Waals surface area contributed by atoms with Crippen molar-refractivity contribution < 1.29 is 8.42 Å². The van der Waals surface area contributed by atoms with Crippen molar-refractivity contribution in [3.05, 3.63) is 28.7 Å². The Bertz CT molecular complexity index is 501. The summed E-state index contributed by atoms with van der Waals surface area (Å²) in [5, 5.41) is 0.934. The predicted molar refractivity (Wildman–Crippen MR) is 79.4 cm³/mol. The minimum Gasteiger partial charge on any atom is -0.207 e. The molecule has 1 aromatic carbocycles. The van der Waals surface area contributed by atoms with Crippen LogP contribution in [0.2, 0.25) is 0 Å². The van der Waals surface area contributed by atoms with Gasteiger partial charge in [0.25, 0.3) is 0 Å². The molecule has 0 spiro atoms. The van der Waals surface area contributed by atoms with Crippen LogP contribution in [-0.2, 0) is 10.0 Å². The monoisotopic (exact) mass is 395 g/mol. The predicted octanol–water partition coefficient (Wildman–Crippen LogP) is 3.24. The van der Waals surface area contributed by atoms with E-state index in [0.717, 1.165) is 22.6 Å². The summed E-state index contributed by atoms with van der Waals surface area (Å²) >= 11 is 6.72. The lowest BCUT2D eigenvalue weighted by atomic mass is 10.1. The molecule has 100 valence electrons. The van der Waals surface area contributed by atoms with Gasteiger partial charge >= 0.3 is 0 Å². The minimum atomic E-state index is -3.31. The molecule has 1 heterocycles. The fourth-order valence-corrected chi connectivity index (χ4v) is 4.60. The molecule has 1 fully saturated rings. The molecule has 0 saturated carbocycles. The molecule has 1 aromatic rings. The zero-order chi connectivity index (χ0) is 13.2. The van der Waals surface area contributed by atoms with E-state index < -0.39 is 10.0 Å². The number of hydrogen-bond acceptors (Lipinski definition) is 2. The van der Waals surface area contributed by atoms with Crippen LogP contribution in [-0.4, -0.2) is 31.1 Å². The summed E-state index contributed by atoms with van der Waals surface area (Å²) in [4.78, 5) is 0.380. The maximum absolute atomic E-state index is 12.4. The van der Waals surface area contributed by atoms with Crippen molar-refractivity contribution in [3.8, 4) is 0 Å². The van der Waals surface area contributed by atoms with Crippen molar-refractivity contribution in [3.63, 3.8) is 0 Å². The average molecular weight is 397 g/mol. The van der Waals surface area contributed by atoms with Gasteiger partial charge in [0.05, 0.1) is 4.90 Å². The molecule has 0 radical (unpaired) electrons. The van der Waals surface area contributed by atoms with Crippen LogP contribution in [0.4, 0.5) is 0 Å². The molecular weight excluding hydrogens is 382 g/mol. The highest BCUT2D eigenvalue weighted by Gasteiger charge is 2.31. The van der Waals surface area contributed by atoms with Gasteiger partial charge in [-0.1, -0.05) is 31.9 Å². The molecule has 2 rings (SSSR count). The van der Waals surface area contributed by atoms with Crippen LogP contribution >= 0.6 is 31.9 Å². The second-order valence-electron chi connectivity index (χ2n) is 4.45. The van der Waals surface area contributed by atoms with Crippen molar-refractivity contribution >= 4 is 41.9 Å². The van der Waals surface area contributed by atoms with Crippen molar-refractivity contribution in [2.24, 2.45) is 5.92 Å². The normalized spacial score (nSPS) is 21.3. The zero-order valence-corrected chi connectivity index (χ0v) is 13.8. The number of rotatable bonds is 4. The summed E-state index contributed by atoms with van der Waals surface area (Å²) in [5.41, 5.74) is 0. The number of sulfonamides is 1. The van der Waals surface area contributed by atoms with E-state index in [-0.39, 0.29) is 0 Å². The van der Waals surface area contributed by atoms with Gasteiger partial charge in [0.2, 0.25) is 10.0 Å². The fraction of sp³-hybridized carbons (Fsp3) is 0.500. The van der Waals surface area contributed by atoms with E-state index in [1.807, 2.05) is 0 Å². The van der Waals surface area contributed by atoms with Crippen LogP contribution in [0.15, 0.2) is 33.6 Å². The molecule has 0 amide bonds. The average Bonchev–Trinajstić information content (AvgIpc) is 2.79. The van der Waals surface area contributed by atoms with Crippen LogP contribution in [0.25, 0.3) is 0 Å². The van der Waals surface area contributed by atoms with Crippen molar-refractivity contribution in [2.75, 3.05) is 18.4 Å². The van der Waals surface area contributed by atoms with E-state index in [4.69, 9.17) is 0 Å². The number of halogens is 2. The first-order valence-corrected chi connectivity index (χ1v) is 9.21. The summed E-state index contributed by atoms with van der Waals surface area (Å²) in [6, 6.07) is 6.83. The summed E-state index contributed by atoms with van der Waals surface area (Å²) in [5.74, 6) is 0.481. The van der Waals surface area contributed by atoms with Crippen LogP contribution in [0.3, 0.4) is 0 Å². The smallest absolute Gasteiger partial charge is 0.207 e. The first kappa shape index (κ1) is 14.5. The molecule has 0 aliphatic carbocycles. The molecule has 1 unspecified atom stereocenters. The minimum absolute atomic E-state index is 0.380. The molecule has 0 N–H and O–H groups in total. The Morgan fingerprint density at radius 3 is 2.56 bits per heavy atom. The van der Waals surface area contributed by atoms with Crippen molar-refractivity contribution in [2.45, 2.75) is 17.7 Å². The summed E-state index contributed by atoms with van der Waals surface area (Å²) in [6.45, 7) is 1.28. The van der Waals surface area contributed by atoms with Crippen LogP contribution < -0.4 is 0 Å². The van der Waals surface area contributed by atoms with E-state index >= 15 is 0 Å². The topological polar surface area (TPSA) is 37.4 Å². The third kappa shape index (κ3) is 3.15. The first-order valence-electron chi connectivity index (χ1n) is 5.85. The number of benzene rings is 1. The lowest BCUT2D eigenvalue weighted by Crippen LogP contribution is -2.28. The van der Waals surface area contributed by atoms with E-state index in [1.165, 1.54) is 0 Å². The SMILES string of the molecule is O=S(=O)(c1ccc(Br)cc1)N1CCC(CCBr)C1. The Morgan fingerprint density at radius 1 is 1.28 bits per heavy atom. The third-order valence-electron chi connectivity index (χ3n) is 3.22. The van der Waals surface area contributed by atoms with Crippen LogP contribution in [0.5, 0.6) is 0 Å². The second-order valence-corrected chi connectivity index (χ2v) is 8.10. The Morgan fingerprint density at radius 2 is 1.94 bits per heavy atom. The van der Waals surface area contributed by atoms with Crippen molar-refractivity contribution in [1.82, 2.24) is 4.31 Å². The molecule has 18 heavy (non-hydrogen) atoms. The molecule has 0 bridgehead atoms. The van der Waals surface area contributed by atoms with Gasteiger partial charge in [0.15, 0.2) is 0 Å². The highest BCUT2D eigenvalue weighted by Crippen LogP contribution is 2.27. The second kappa shape index (κ2) is 6.03. The van der Waals surface area contributed by atoms with Gasteiger partial charge in [-0.05, 0) is 43.0 Å². The van der Waals surface area contributed by atoms with Crippen molar-refractivity contribution in [1.29, 1.82) is 0 Å². The lowest BCUT2D eigenvalue weighted by Gasteiger charge is -2.16. The van der Waals surface area contributed by atoms with Gasteiger partial charge in [0, 0.05) is 22.9 Å². The molecule has 3 nitrogen and oxygen atoms in total. The third-order valence-corrected chi connectivity index (χ3v) is 6.08. The van der Waals surface area contributed by atoms with Gasteiger partial charge in [-0.25, -0.2) is 8.42 Å². The van der Waals surface area contributed by atoms with E-state index in [0.29, 0.717) is 23.9 Å². The molecule has 1 aliphatic rings. The van der Waals surface area contributed by atoms with Crippen LogP contribution in [0, 0.1) is 5.92 Å². The Kier molecular flexibility index (Phi) is 4.86. The highest BCUT2D eigenvalue weighted by atomic mass is 79.9. The summed E-state index contributed by atoms with van der Waals surface area (Å²) < 4.78 is 27.3. The largest absolute Gasteiger partial charge is 0.243 e. The molecule has 0 aromatic heterocycles. The van der Waals surface area contributed by atoms with Gasteiger partial charge in [-0.2, -0.15) is 4.31 Å². The van der Waals surface area contributed by atoms with Gasteiger partial charge < -0.3 is 0 Å². The molecule has 1 aliphatic heterocycles. The molecule has 1 saturated heterocycles. The van der Waals surface area contributed by atoms with E-state index in [2.05, 4.69) is 31.9 Å². The van der Waals surface area contributed by atoms with E-state index in [1.54, 1.807) is 28.6 Å². The summed E-state index contributed by atoms with van der Waals surface area (Å²) in [7, 11) is -3.31. The maximum Gasteiger partial charge on any atom is 0.243 e. The molecular formula is C12H15Br2NO2S. The quantitative estimate of drug-likeness (QED) is 0.732. The molecule has 6 heteroatoms. The highest BCUT2D eigenvalue weighted by molar-refractivity contribution is 9.10. The van der Waals surface area contributed by atoms with E-state index in [9.17, 15) is 8.42 Å². The van der Waals surface area contributed by atoms with Crippen LogP contribution in [0.1, 0.15) is 12.8 Å². The lowest BCUT2D eigenvalue weighted by molar-refractivity contribution is 0.454.